The molecule has 0 radical (unpaired) electrons. The highest BCUT2D eigenvalue weighted by molar-refractivity contribution is 7.99. The Labute approximate surface area is 80.5 Å². The molecule has 0 saturated heterocycles. The summed E-state index contributed by atoms with van der Waals surface area (Å²) in [7, 11) is 1.82. The summed E-state index contributed by atoms with van der Waals surface area (Å²) in [6.45, 7) is 0.778. The molecule has 72 valence electrons. The fraction of sp³-hybridized carbons (Fsp3) is 0.333. The maximum atomic E-state index is 13.0. The monoisotopic (exact) mass is 203 g/mol. The van der Waals surface area contributed by atoms with Gasteiger partial charge in [0.1, 0.15) is 11.6 Å². The Bertz CT molecular complexity index is 278. The molecule has 0 heterocycles. The molecule has 0 fully saturated rings. The van der Waals surface area contributed by atoms with Crippen molar-refractivity contribution in [1.82, 2.24) is 5.32 Å². The second kappa shape index (κ2) is 5.19. The van der Waals surface area contributed by atoms with E-state index in [0.29, 0.717) is 4.90 Å². The minimum atomic E-state index is -0.395. The van der Waals surface area contributed by atoms with Gasteiger partial charge in [0.25, 0.3) is 0 Å². The van der Waals surface area contributed by atoms with Crippen molar-refractivity contribution in [2.75, 3.05) is 19.3 Å². The lowest BCUT2D eigenvalue weighted by atomic mass is 10.3. The van der Waals surface area contributed by atoms with Crippen LogP contribution in [-0.4, -0.2) is 19.3 Å². The largest absolute Gasteiger partial charge is 0.319 e. The molecule has 1 aromatic rings. The van der Waals surface area contributed by atoms with Crippen LogP contribution in [0.5, 0.6) is 0 Å². The van der Waals surface area contributed by atoms with Gasteiger partial charge >= 0.3 is 0 Å². The van der Waals surface area contributed by atoms with E-state index >= 15 is 0 Å². The van der Waals surface area contributed by atoms with E-state index in [9.17, 15) is 8.78 Å². The molecule has 0 unspecified atom stereocenters. The van der Waals surface area contributed by atoms with Crippen molar-refractivity contribution in [3.63, 3.8) is 0 Å². The third kappa shape index (κ3) is 3.32. The van der Waals surface area contributed by atoms with Gasteiger partial charge in [-0.15, -0.1) is 11.8 Å². The predicted octanol–water partition coefficient (Wildman–Crippen LogP) is 2.28. The Kier molecular flexibility index (Phi) is 4.18. The van der Waals surface area contributed by atoms with E-state index in [1.165, 1.54) is 17.8 Å². The summed E-state index contributed by atoms with van der Waals surface area (Å²) < 4.78 is 25.6. The molecule has 13 heavy (non-hydrogen) atoms. The van der Waals surface area contributed by atoms with E-state index in [1.807, 2.05) is 7.05 Å². The lowest BCUT2D eigenvalue weighted by Gasteiger charge is -2.02. The first-order chi connectivity index (χ1) is 6.24. The zero-order valence-corrected chi connectivity index (χ0v) is 8.13. The average molecular weight is 203 g/mol. The fourth-order valence-electron chi connectivity index (χ4n) is 0.851. The quantitative estimate of drug-likeness (QED) is 0.595. The van der Waals surface area contributed by atoms with Gasteiger partial charge in [-0.1, -0.05) is 0 Å². The van der Waals surface area contributed by atoms with E-state index in [4.69, 9.17) is 0 Å². The van der Waals surface area contributed by atoms with Crippen molar-refractivity contribution < 1.29 is 8.78 Å². The number of rotatable bonds is 4. The zero-order valence-electron chi connectivity index (χ0n) is 7.31. The first-order valence-corrected chi connectivity index (χ1v) is 4.95. The molecule has 1 nitrogen and oxygen atoms in total. The van der Waals surface area contributed by atoms with Crippen LogP contribution in [0.25, 0.3) is 0 Å². The first-order valence-electron chi connectivity index (χ1n) is 3.96. The molecule has 0 saturated carbocycles. The van der Waals surface area contributed by atoms with Crippen molar-refractivity contribution in [1.29, 1.82) is 0 Å². The second-order valence-corrected chi connectivity index (χ2v) is 3.66. The average Bonchev–Trinajstić information content (AvgIpc) is 2.11. The molecule has 0 aliphatic heterocycles. The molecule has 0 atom stereocenters. The highest BCUT2D eigenvalue weighted by Crippen LogP contribution is 2.21. The van der Waals surface area contributed by atoms with Crippen molar-refractivity contribution in [3.8, 4) is 0 Å². The van der Waals surface area contributed by atoms with Gasteiger partial charge in [-0.05, 0) is 25.2 Å². The van der Waals surface area contributed by atoms with Gasteiger partial charge in [-0.3, -0.25) is 0 Å². The van der Waals surface area contributed by atoms with Gasteiger partial charge in [0.05, 0.1) is 0 Å². The maximum absolute atomic E-state index is 13.0. The maximum Gasteiger partial charge on any atom is 0.136 e. The van der Waals surface area contributed by atoms with Crippen molar-refractivity contribution in [2.24, 2.45) is 0 Å². The lowest BCUT2D eigenvalue weighted by molar-refractivity contribution is 0.577. The molecule has 0 amide bonds. The Hall–Kier alpha value is -0.610. The first kappa shape index (κ1) is 10.5. The van der Waals surface area contributed by atoms with Gasteiger partial charge in [-0.25, -0.2) is 8.78 Å². The van der Waals surface area contributed by atoms with Gasteiger partial charge < -0.3 is 5.32 Å². The highest BCUT2D eigenvalue weighted by Gasteiger charge is 2.03. The summed E-state index contributed by atoms with van der Waals surface area (Å²) in [6.07, 6.45) is 0. The van der Waals surface area contributed by atoms with E-state index < -0.39 is 5.82 Å². The van der Waals surface area contributed by atoms with Gasteiger partial charge in [0, 0.05) is 17.2 Å². The van der Waals surface area contributed by atoms with E-state index in [0.717, 1.165) is 24.4 Å². The summed E-state index contributed by atoms with van der Waals surface area (Å²) in [5, 5.41) is 2.93. The Morgan fingerprint density at radius 3 is 2.85 bits per heavy atom. The Balaban J connectivity index is 2.59. The summed E-state index contributed by atoms with van der Waals surface area (Å²) in [5.74, 6) is -0.0208. The zero-order chi connectivity index (χ0) is 9.68. The molecule has 0 spiro atoms. The van der Waals surface area contributed by atoms with E-state index in [1.54, 1.807) is 0 Å². The molecular formula is C9H11F2NS. The Morgan fingerprint density at radius 2 is 2.15 bits per heavy atom. The van der Waals surface area contributed by atoms with Crippen LogP contribution in [0.15, 0.2) is 23.1 Å². The second-order valence-electron chi connectivity index (χ2n) is 2.53. The molecule has 0 aliphatic carbocycles. The normalized spacial score (nSPS) is 10.4. The minimum absolute atomic E-state index is 0.359. The third-order valence-electron chi connectivity index (χ3n) is 1.50. The van der Waals surface area contributed by atoms with Crippen LogP contribution in [0.3, 0.4) is 0 Å². The van der Waals surface area contributed by atoms with Gasteiger partial charge in [0.15, 0.2) is 0 Å². The number of halogens is 2. The summed E-state index contributed by atoms with van der Waals surface area (Å²) in [4.78, 5) is 0.371. The number of nitrogens with one attached hydrogen (secondary N) is 1. The van der Waals surface area contributed by atoms with Crippen LogP contribution >= 0.6 is 11.8 Å². The summed E-state index contributed by atoms with van der Waals surface area (Å²) in [6, 6.07) is 3.49. The number of hydrogen-bond acceptors (Lipinski definition) is 2. The standard InChI is InChI=1S/C9H11F2NS/c1-12-4-5-13-9-6-7(10)2-3-8(9)11/h2-3,6,12H,4-5H2,1H3. The molecule has 0 bridgehead atoms. The van der Waals surface area contributed by atoms with Crippen LogP contribution in [0.2, 0.25) is 0 Å². The topological polar surface area (TPSA) is 12.0 Å². The number of thioether (sulfide) groups is 1. The van der Waals surface area contributed by atoms with Crippen LogP contribution in [0.4, 0.5) is 8.78 Å². The molecule has 0 aromatic heterocycles. The molecular weight excluding hydrogens is 192 g/mol. The molecule has 0 aliphatic rings. The summed E-state index contributed by atoms with van der Waals surface area (Å²) >= 11 is 1.31. The molecule has 1 N–H and O–H groups in total. The SMILES string of the molecule is CNCCSc1cc(F)ccc1F. The summed E-state index contributed by atoms with van der Waals surface area (Å²) in [5.41, 5.74) is 0. The van der Waals surface area contributed by atoms with Gasteiger partial charge in [-0.2, -0.15) is 0 Å². The van der Waals surface area contributed by atoms with Crippen molar-refractivity contribution in [2.45, 2.75) is 4.90 Å². The predicted molar refractivity (Wildman–Crippen MR) is 51.0 cm³/mol. The highest BCUT2D eigenvalue weighted by atomic mass is 32.2. The molecule has 4 heteroatoms. The van der Waals surface area contributed by atoms with Crippen LogP contribution in [0.1, 0.15) is 0 Å². The van der Waals surface area contributed by atoms with E-state index in [2.05, 4.69) is 5.32 Å². The van der Waals surface area contributed by atoms with Crippen LogP contribution in [-0.2, 0) is 0 Å². The Morgan fingerprint density at radius 1 is 1.38 bits per heavy atom. The third-order valence-corrected chi connectivity index (χ3v) is 2.53. The van der Waals surface area contributed by atoms with Gasteiger partial charge in [0.2, 0.25) is 0 Å². The lowest BCUT2D eigenvalue weighted by Crippen LogP contribution is -2.09. The number of hydrogen-bond donors (Lipinski definition) is 1. The molecule has 1 rings (SSSR count). The van der Waals surface area contributed by atoms with Crippen LogP contribution < -0.4 is 5.32 Å². The van der Waals surface area contributed by atoms with Crippen molar-refractivity contribution >= 4 is 11.8 Å². The number of benzene rings is 1. The minimum Gasteiger partial charge on any atom is -0.319 e. The smallest absolute Gasteiger partial charge is 0.136 e. The van der Waals surface area contributed by atoms with Crippen molar-refractivity contribution in [3.05, 3.63) is 29.8 Å². The van der Waals surface area contributed by atoms with Crippen LogP contribution in [0, 0.1) is 11.6 Å². The van der Waals surface area contributed by atoms with E-state index in [-0.39, 0.29) is 5.82 Å². The molecule has 1 aromatic carbocycles. The fourth-order valence-corrected chi connectivity index (χ4v) is 1.78.